The summed E-state index contributed by atoms with van der Waals surface area (Å²) in [5.74, 6) is -0.391. The monoisotopic (exact) mass is 527 g/mol. The number of nitrogens with zero attached hydrogens (tertiary/aromatic N) is 4. The molecule has 0 spiro atoms. The third kappa shape index (κ3) is 6.39. The van der Waals surface area contributed by atoms with Crippen LogP contribution in [0.3, 0.4) is 0 Å². The van der Waals surface area contributed by atoms with Crippen LogP contribution in [0.2, 0.25) is 10.0 Å². The normalized spacial score (nSPS) is 15.1. The second-order valence-corrected chi connectivity index (χ2v) is 9.32. The second kappa shape index (κ2) is 11.1. The molecule has 1 aromatic carbocycles. The van der Waals surface area contributed by atoms with E-state index in [4.69, 9.17) is 23.2 Å². The number of hydrogen-bond donors (Lipinski definition) is 1. The number of piperazine rings is 1. The third-order valence-electron chi connectivity index (χ3n) is 6.10. The van der Waals surface area contributed by atoms with Crippen LogP contribution in [0.5, 0.6) is 0 Å². The molecule has 1 amide bonds. The molecule has 2 aromatic heterocycles. The van der Waals surface area contributed by atoms with Gasteiger partial charge >= 0.3 is 6.18 Å². The van der Waals surface area contributed by atoms with Crippen LogP contribution in [-0.4, -0.2) is 59.7 Å². The van der Waals surface area contributed by atoms with Gasteiger partial charge in [-0.1, -0.05) is 35.7 Å². The van der Waals surface area contributed by atoms with E-state index in [1.807, 2.05) is 12.1 Å². The number of rotatable bonds is 8. The van der Waals surface area contributed by atoms with Crippen molar-refractivity contribution in [3.05, 3.63) is 63.9 Å². The summed E-state index contributed by atoms with van der Waals surface area (Å²) in [5, 5.41) is 8.02. The predicted molar refractivity (Wildman–Crippen MR) is 131 cm³/mol. The van der Waals surface area contributed by atoms with Crippen molar-refractivity contribution in [1.82, 2.24) is 19.8 Å². The average molecular weight is 528 g/mol. The summed E-state index contributed by atoms with van der Waals surface area (Å²) in [6, 6.07) is 8.97. The number of hydrogen-bond acceptors (Lipinski definition) is 4. The number of benzene rings is 1. The van der Waals surface area contributed by atoms with Crippen LogP contribution in [0, 0.1) is 0 Å². The number of aromatic nitrogens is 2. The van der Waals surface area contributed by atoms with Gasteiger partial charge in [0.1, 0.15) is 0 Å². The summed E-state index contributed by atoms with van der Waals surface area (Å²) >= 11 is 12.5. The van der Waals surface area contributed by atoms with Crippen LogP contribution in [0.4, 0.5) is 18.9 Å². The number of carbonyl (C=O) groups is 1. The van der Waals surface area contributed by atoms with E-state index in [-0.39, 0.29) is 11.2 Å². The molecule has 0 atom stereocenters. The first-order valence-electron chi connectivity index (χ1n) is 11.5. The molecule has 11 heteroatoms. The van der Waals surface area contributed by atoms with Crippen molar-refractivity contribution >= 4 is 40.3 Å². The van der Waals surface area contributed by atoms with Gasteiger partial charge in [-0.2, -0.15) is 18.3 Å². The van der Waals surface area contributed by atoms with Crippen LogP contribution < -0.4 is 10.2 Å². The van der Waals surface area contributed by atoms with Crippen LogP contribution >= 0.6 is 23.2 Å². The van der Waals surface area contributed by atoms with E-state index in [2.05, 4.69) is 20.2 Å². The van der Waals surface area contributed by atoms with Crippen LogP contribution in [0.25, 0.3) is 5.52 Å². The standard InChI is InChI=1S/C24H26Cl2F3N5O/c25-19-5-4-6-21(22(19)26)33-13-11-32(12-14-33)9-3-1-2-8-30-23(35)20-16-18-15-17(24(27,28)29)7-10-34(18)31-20/h4-7,10,15-16H,1-3,8-9,11-14H2,(H,30,35). The number of amides is 1. The van der Waals surface area contributed by atoms with Crippen molar-refractivity contribution in [2.24, 2.45) is 0 Å². The summed E-state index contributed by atoms with van der Waals surface area (Å²) in [6.07, 6.45) is -0.442. The quantitative estimate of drug-likeness (QED) is 0.399. The van der Waals surface area contributed by atoms with Crippen molar-refractivity contribution in [2.45, 2.75) is 25.4 Å². The first-order chi connectivity index (χ1) is 16.7. The zero-order valence-electron chi connectivity index (χ0n) is 19.0. The van der Waals surface area contributed by atoms with E-state index in [1.54, 1.807) is 6.07 Å². The Labute approximate surface area is 211 Å². The van der Waals surface area contributed by atoms with E-state index in [0.29, 0.717) is 16.6 Å². The maximum absolute atomic E-state index is 12.9. The fourth-order valence-electron chi connectivity index (χ4n) is 4.16. The summed E-state index contributed by atoms with van der Waals surface area (Å²) in [5.41, 5.74) is 0.525. The largest absolute Gasteiger partial charge is 0.416 e. The zero-order valence-corrected chi connectivity index (χ0v) is 20.5. The van der Waals surface area contributed by atoms with E-state index >= 15 is 0 Å². The Hall–Kier alpha value is -2.49. The number of fused-ring (bicyclic) bond motifs is 1. The Morgan fingerprint density at radius 3 is 2.54 bits per heavy atom. The van der Waals surface area contributed by atoms with Crippen molar-refractivity contribution < 1.29 is 18.0 Å². The molecular weight excluding hydrogens is 502 g/mol. The molecule has 1 N–H and O–H groups in total. The molecule has 188 valence electrons. The predicted octanol–water partition coefficient (Wildman–Crippen LogP) is 5.38. The Balaban J connectivity index is 1.14. The summed E-state index contributed by atoms with van der Waals surface area (Å²) < 4.78 is 39.8. The van der Waals surface area contributed by atoms with Crippen molar-refractivity contribution in [3.8, 4) is 0 Å². The third-order valence-corrected chi connectivity index (χ3v) is 6.91. The molecule has 6 nitrogen and oxygen atoms in total. The lowest BCUT2D eigenvalue weighted by atomic mass is 10.2. The maximum Gasteiger partial charge on any atom is 0.416 e. The molecule has 4 rings (SSSR count). The second-order valence-electron chi connectivity index (χ2n) is 8.53. The molecule has 1 saturated heterocycles. The van der Waals surface area contributed by atoms with Gasteiger partial charge in [0, 0.05) is 38.9 Å². The summed E-state index contributed by atoms with van der Waals surface area (Å²) in [7, 11) is 0. The summed E-state index contributed by atoms with van der Waals surface area (Å²) in [4.78, 5) is 17.0. The van der Waals surface area contributed by atoms with Crippen LogP contribution in [0.15, 0.2) is 42.6 Å². The number of pyridine rings is 1. The number of anilines is 1. The minimum atomic E-state index is -4.44. The first kappa shape index (κ1) is 25.6. The van der Waals surface area contributed by atoms with E-state index in [9.17, 15) is 18.0 Å². The molecule has 1 aliphatic heterocycles. The molecule has 0 radical (unpaired) electrons. The van der Waals surface area contributed by atoms with Gasteiger partial charge < -0.3 is 10.2 Å². The molecule has 1 aliphatic rings. The molecule has 3 aromatic rings. The lowest BCUT2D eigenvalue weighted by Gasteiger charge is -2.36. The fourth-order valence-corrected chi connectivity index (χ4v) is 4.58. The van der Waals surface area contributed by atoms with E-state index in [1.165, 1.54) is 16.8 Å². The first-order valence-corrected chi connectivity index (χ1v) is 12.2. The highest BCUT2D eigenvalue weighted by molar-refractivity contribution is 6.43. The fraction of sp³-hybridized carbons (Fsp3) is 0.417. The number of alkyl halides is 3. The van der Waals surface area contributed by atoms with Crippen molar-refractivity contribution in [3.63, 3.8) is 0 Å². The highest BCUT2D eigenvalue weighted by atomic mass is 35.5. The number of halogens is 5. The molecule has 0 unspecified atom stereocenters. The SMILES string of the molecule is O=C(NCCCCCN1CCN(c2cccc(Cl)c2Cl)CC1)c1cc2cc(C(F)(F)F)ccn2n1. The Kier molecular flexibility index (Phi) is 8.09. The summed E-state index contributed by atoms with van der Waals surface area (Å²) in [6.45, 7) is 5.15. The molecular formula is C24H26Cl2F3N5O. The van der Waals surface area contributed by atoms with Gasteiger partial charge in [0.05, 0.1) is 26.8 Å². The molecule has 0 saturated carbocycles. The molecule has 3 heterocycles. The molecule has 0 bridgehead atoms. The smallest absolute Gasteiger partial charge is 0.368 e. The lowest BCUT2D eigenvalue weighted by Crippen LogP contribution is -2.46. The van der Waals surface area contributed by atoms with Crippen LogP contribution in [0.1, 0.15) is 35.3 Å². The van der Waals surface area contributed by atoms with Crippen LogP contribution in [-0.2, 0) is 6.18 Å². The number of carbonyl (C=O) groups excluding carboxylic acids is 1. The molecule has 35 heavy (non-hydrogen) atoms. The van der Waals surface area contributed by atoms with Gasteiger partial charge in [-0.05, 0) is 49.7 Å². The van der Waals surface area contributed by atoms with Gasteiger partial charge in [-0.25, -0.2) is 4.52 Å². The lowest BCUT2D eigenvalue weighted by molar-refractivity contribution is -0.137. The minimum absolute atomic E-state index is 0.0991. The van der Waals surface area contributed by atoms with Gasteiger partial charge in [0.25, 0.3) is 5.91 Å². The van der Waals surface area contributed by atoms with Gasteiger partial charge in [0.15, 0.2) is 5.69 Å². The van der Waals surface area contributed by atoms with E-state index < -0.39 is 17.6 Å². The average Bonchev–Trinajstić information content (AvgIpc) is 3.27. The maximum atomic E-state index is 12.9. The highest BCUT2D eigenvalue weighted by Gasteiger charge is 2.30. The van der Waals surface area contributed by atoms with Gasteiger partial charge in [0.2, 0.25) is 0 Å². The molecule has 0 aliphatic carbocycles. The van der Waals surface area contributed by atoms with Gasteiger partial charge in [-0.15, -0.1) is 0 Å². The Bertz CT molecular complexity index is 1180. The number of nitrogens with one attached hydrogen (secondary N) is 1. The number of unbranched alkanes of at least 4 members (excludes halogenated alkanes) is 2. The minimum Gasteiger partial charge on any atom is -0.368 e. The topological polar surface area (TPSA) is 52.9 Å². The van der Waals surface area contributed by atoms with E-state index in [0.717, 1.165) is 69.8 Å². The molecule has 1 fully saturated rings. The van der Waals surface area contributed by atoms with Crippen molar-refractivity contribution in [1.29, 1.82) is 0 Å². The highest BCUT2D eigenvalue weighted by Crippen LogP contribution is 2.33. The zero-order chi connectivity index (χ0) is 25.0. The van der Waals surface area contributed by atoms with Gasteiger partial charge in [-0.3, -0.25) is 9.69 Å². The Morgan fingerprint density at radius 1 is 1.03 bits per heavy atom. The van der Waals surface area contributed by atoms with Crippen molar-refractivity contribution in [2.75, 3.05) is 44.2 Å². The Morgan fingerprint density at radius 2 is 1.80 bits per heavy atom.